The highest BCUT2D eigenvalue weighted by molar-refractivity contribution is 5.96. The third kappa shape index (κ3) is 3.58. The minimum absolute atomic E-state index is 0.122. The second kappa shape index (κ2) is 6.58. The van der Waals surface area contributed by atoms with E-state index in [4.69, 9.17) is 9.26 Å². The van der Waals surface area contributed by atoms with Crippen molar-refractivity contribution in [2.45, 2.75) is 12.8 Å². The Balaban J connectivity index is 1.81. The molecule has 1 aromatic carbocycles. The van der Waals surface area contributed by atoms with E-state index in [9.17, 15) is 4.79 Å². The summed E-state index contributed by atoms with van der Waals surface area (Å²) >= 11 is 0. The molecule has 1 aromatic heterocycles. The highest BCUT2D eigenvalue weighted by Crippen LogP contribution is 2.16. The molecular formula is C14H16N2O3. The van der Waals surface area contributed by atoms with Gasteiger partial charge in [-0.3, -0.25) is 4.79 Å². The quantitative estimate of drug-likeness (QED) is 0.807. The fraction of sp³-hybridized carbons (Fsp3) is 0.286. The summed E-state index contributed by atoms with van der Waals surface area (Å²) in [4.78, 5) is 12.0. The summed E-state index contributed by atoms with van der Waals surface area (Å²) in [5, 5.41) is 6.49. The van der Waals surface area contributed by atoms with Crippen LogP contribution in [0.1, 0.15) is 22.3 Å². The van der Waals surface area contributed by atoms with Gasteiger partial charge in [0.2, 0.25) is 0 Å². The molecule has 5 heteroatoms. The molecule has 2 rings (SSSR count). The van der Waals surface area contributed by atoms with Gasteiger partial charge in [0, 0.05) is 12.1 Å². The number of methoxy groups -OCH3 is 1. The van der Waals surface area contributed by atoms with Gasteiger partial charge in [0.25, 0.3) is 5.91 Å². The second-order valence-corrected chi connectivity index (χ2v) is 4.09. The molecule has 1 heterocycles. The molecule has 0 spiro atoms. The second-order valence-electron chi connectivity index (χ2n) is 4.09. The van der Waals surface area contributed by atoms with E-state index in [-0.39, 0.29) is 5.91 Å². The summed E-state index contributed by atoms with van der Waals surface area (Å²) in [6.45, 7) is 0.599. The number of para-hydroxylation sites is 1. The molecule has 100 valence electrons. The fourth-order valence-corrected chi connectivity index (χ4v) is 1.77. The molecule has 0 unspecified atom stereocenters. The Bertz CT molecular complexity index is 523. The molecule has 5 nitrogen and oxygen atoms in total. The number of benzene rings is 1. The lowest BCUT2D eigenvalue weighted by Crippen LogP contribution is -2.25. The predicted octanol–water partition coefficient (Wildman–Crippen LogP) is 2.05. The number of aryl methyl sites for hydroxylation is 1. The summed E-state index contributed by atoms with van der Waals surface area (Å²) in [7, 11) is 1.55. The molecule has 0 radical (unpaired) electrons. The lowest BCUT2D eigenvalue weighted by atomic mass is 10.1. The first-order valence-electron chi connectivity index (χ1n) is 6.10. The topological polar surface area (TPSA) is 64.4 Å². The van der Waals surface area contributed by atoms with Crippen molar-refractivity contribution in [1.82, 2.24) is 10.5 Å². The molecule has 1 N–H and O–H groups in total. The molecule has 0 fully saturated rings. The van der Waals surface area contributed by atoms with Gasteiger partial charge >= 0.3 is 0 Å². The van der Waals surface area contributed by atoms with Gasteiger partial charge in [0.15, 0.2) is 0 Å². The van der Waals surface area contributed by atoms with Crippen LogP contribution in [0, 0.1) is 0 Å². The zero-order valence-electron chi connectivity index (χ0n) is 10.8. The van der Waals surface area contributed by atoms with Crippen LogP contribution >= 0.6 is 0 Å². The number of nitrogens with one attached hydrogen (secondary N) is 1. The van der Waals surface area contributed by atoms with Gasteiger partial charge in [0.05, 0.1) is 18.9 Å². The molecular weight excluding hydrogens is 244 g/mol. The molecule has 1 amide bonds. The van der Waals surface area contributed by atoms with Crippen LogP contribution in [0.2, 0.25) is 0 Å². The normalized spacial score (nSPS) is 10.2. The first-order chi connectivity index (χ1) is 9.31. The van der Waals surface area contributed by atoms with Gasteiger partial charge in [-0.25, -0.2) is 0 Å². The summed E-state index contributed by atoms with van der Waals surface area (Å²) in [6, 6.07) is 7.16. The van der Waals surface area contributed by atoms with Crippen LogP contribution < -0.4 is 10.1 Å². The van der Waals surface area contributed by atoms with E-state index >= 15 is 0 Å². The number of hydrogen-bond donors (Lipinski definition) is 1. The van der Waals surface area contributed by atoms with Gasteiger partial charge in [0.1, 0.15) is 12.0 Å². The van der Waals surface area contributed by atoms with Crippen molar-refractivity contribution in [3.8, 4) is 5.75 Å². The minimum atomic E-state index is -0.122. The van der Waals surface area contributed by atoms with Gasteiger partial charge in [-0.2, -0.15) is 0 Å². The summed E-state index contributed by atoms with van der Waals surface area (Å²) in [5.41, 5.74) is 1.58. The summed E-state index contributed by atoms with van der Waals surface area (Å²) in [6.07, 6.45) is 4.96. The Morgan fingerprint density at radius 2 is 2.26 bits per heavy atom. The molecule has 0 saturated carbocycles. The average Bonchev–Trinajstić information content (AvgIpc) is 2.96. The maximum atomic E-state index is 12.0. The van der Waals surface area contributed by atoms with Gasteiger partial charge in [-0.1, -0.05) is 17.3 Å². The standard InChI is InChI=1S/C14H16N2O3/c1-18-13-7-3-2-6-12(13)14(17)15-8-4-5-11-9-16-19-10-11/h2-3,6-7,9-10H,4-5,8H2,1H3,(H,15,17). The summed E-state index contributed by atoms with van der Waals surface area (Å²) in [5.74, 6) is 0.460. The highest BCUT2D eigenvalue weighted by atomic mass is 16.5. The zero-order valence-corrected chi connectivity index (χ0v) is 10.8. The predicted molar refractivity (Wildman–Crippen MR) is 70.2 cm³/mol. The Morgan fingerprint density at radius 3 is 3.00 bits per heavy atom. The number of hydrogen-bond acceptors (Lipinski definition) is 4. The number of ether oxygens (including phenoxy) is 1. The van der Waals surface area contributed by atoms with Crippen molar-refractivity contribution in [3.05, 3.63) is 47.9 Å². The largest absolute Gasteiger partial charge is 0.496 e. The summed E-state index contributed by atoms with van der Waals surface area (Å²) < 4.78 is 9.89. The Labute approximate surface area is 111 Å². The SMILES string of the molecule is COc1ccccc1C(=O)NCCCc1cnoc1. The van der Waals surface area contributed by atoms with E-state index in [1.54, 1.807) is 31.7 Å². The van der Waals surface area contributed by atoms with Crippen LogP contribution in [0.25, 0.3) is 0 Å². The molecule has 0 saturated heterocycles. The molecule has 19 heavy (non-hydrogen) atoms. The van der Waals surface area contributed by atoms with E-state index in [2.05, 4.69) is 10.5 Å². The average molecular weight is 260 g/mol. The molecule has 0 aliphatic rings. The van der Waals surface area contributed by atoms with Crippen LogP contribution in [-0.2, 0) is 6.42 Å². The van der Waals surface area contributed by atoms with E-state index in [1.165, 1.54) is 0 Å². The van der Waals surface area contributed by atoms with Gasteiger partial charge in [-0.15, -0.1) is 0 Å². The highest BCUT2D eigenvalue weighted by Gasteiger charge is 2.10. The van der Waals surface area contributed by atoms with Crippen LogP contribution in [-0.4, -0.2) is 24.7 Å². The Hall–Kier alpha value is -2.30. The van der Waals surface area contributed by atoms with E-state index < -0.39 is 0 Å². The minimum Gasteiger partial charge on any atom is -0.496 e. The van der Waals surface area contributed by atoms with Crippen molar-refractivity contribution < 1.29 is 14.1 Å². The molecule has 0 bridgehead atoms. The Morgan fingerprint density at radius 1 is 1.42 bits per heavy atom. The molecule has 0 atom stereocenters. The zero-order chi connectivity index (χ0) is 13.5. The molecule has 0 aliphatic heterocycles. The Kier molecular flexibility index (Phi) is 4.55. The smallest absolute Gasteiger partial charge is 0.255 e. The van der Waals surface area contributed by atoms with Crippen molar-refractivity contribution in [3.63, 3.8) is 0 Å². The van der Waals surface area contributed by atoms with E-state index in [0.29, 0.717) is 17.9 Å². The number of amides is 1. The lowest BCUT2D eigenvalue weighted by Gasteiger charge is -2.08. The fourth-order valence-electron chi connectivity index (χ4n) is 1.77. The number of carbonyl (C=O) groups is 1. The van der Waals surface area contributed by atoms with Crippen molar-refractivity contribution >= 4 is 5.91 Å². The molecule has 2 aromatic rings. The molecule has 0 aliphatic carbocycles. The third-order valence-corrected chi connectivity index (χ3v) is 2.76. The number of aromatic nitrogens is 1. The maximum absolute atomic E-state index is 12.0. The van der Waals surface area contributed by atoms with E-state index in [0.717, 1.165) is 18.4 Å². The van der Waals surface area contributed by atoms with Crippen LogP contribution in [0.15, 0.2) is 41.2 Å². The van der Waals surface area contributed by atoms with Crippen molar-refractivity contribution in [2.75, 3.05) is 13.7 Å². The van der Waals surface area contributed by atoms with Crippen molar-refractivity contribution in [2.24, 2.45) is 0 Å². The number of nitrogens with zero attached hydrogens (tertiary/aromatic N) is 1. The first-order valence-corrected chi connectivity index (χ1v) is 6.10. The van der Waals surface area contributed by atoms with Crippen LogP contribution in [0.3, 0.4) is 0 Å². The van der Waals surface area contributed by atoms with Crippen LogP contribution in [0.4, 0.5) is 0 Å². The van der Waals surface area contributed by atoms with Gasteiger partial charge < -0.3 is 14.6 Å². The number of carbonyl (C=O) groups excluding carboxylic acids is 1. The first kappa shape index (κ1) is 13.1. The third-order valence-electron chi connectivity index (χ3n) is 2.76. The number of rotatable bonds is 6. The van der Waals surface area contributed by atoms with Gasteiger partial charge in [-0.05, 0) is 25.0 Å². The van der Waals surface area contributed by atoms with Crippen LogP contribution in [0.5, 0.6) is 5.75 Å². The monoisotopic (exact) mass is 260 g/mol. The van der Waals surface area contributed by atoms with E-state index in [1.807, 2.05) is 12.1 Å². The van der Waals surface area contributed by atoms with Crippen molar-refractivity contribution in [1.29, 1.82) is 0 Å². The maximum Gasteiger partial charge on any atom is 0.255 e. The lowest BCUT2D eigenvalue weighted by molar-refractivity contribution is 0.0950.